The first-order chi connectivity index (χ1) is 13.6. The molecule has 0 saturated heterocycles. The van der Waals surface area contributed by atoms with Gasteiger partial charge >= 0.3 is 5.69 Å². The highest BCUT2D eigenvalue weighted by Crippen LogP contribution is 2.37. The number of halogens is 1. The molecule has 0 spiro atoms. The fourth-order valence-corrected chi connectivity index (χ4v) is 3.04. The lowest BCUT2D eigenvalue weighted by Crippen LogP contribution is -2.19. The smallest absolute Gasteiger partial charge is 0.310 e. The van der Waals surface area contributed by atoms with Crippen molar-refractivity contribution in [3.05, 3.63) is 99.4 Å². The molecule has 7 heteroatoms. The highest BCUT2D eigenvalue weighted by molar-refractivity contribution is 5.47. The molecule has 28 heavy (non-hydrogen) atoms. The Labute approximate surface area is 160 Å². The quantitative estimate of drug-likeness (QED) is 0.463. The average molecular weight is 381 g/mol. The summed E-state index contributed by atoms with van der Waals surface area (Å²) in [5, 5.41) is 11.1. The molecule has 0 fully saturated rings. The van der Waals surface area contributed by atoms with Crippen molar-refractivity contribution in [2.45, 2.75) is 19.5 Å². The Bertz CT molecular complexity index is 1010. The van der Waals surface area contributed by atoms with Crippen LogP contribution in [0.5, 0.6) is 11.5 Å². The SMILES string of the molecule is O=[N+]([O-])c1ccccc1OCc1cc(F)cc2c1O[C@@H](c1ccccc1)OC2. The van der Waals surface area contributed by atoms with E-state index in [1.165, 1.54) is 24.3 Å². The van der Waals surface area contributed by atoms with E-state index in [0.717, 1.165) is 5.56 Å². The third kappa shape index (κ3) is 3.65. The van der Waals surface area contributed by atoms with Gasteiger partial charge in [0.2, 0.25) is 6.29 Å². The fourth-order valence-electron chi connectivity index (χ4n) is 3.04. The number of nitrogens with zero attached hydrogens (tertiary/aromatic N) is 1. The summed E-state index contributed by atoms with van der Waals surface area (Å²) in [5.41, 5.74) is 1.70. The molecule has 0 unspecified atom stereocenters. The van der Waals surface area contributed by atoms with Crippen molar-refractivity contribution in [1.29, 1.82) is 0 Å². The maximum absolute atomic E-state index is 14.0. The molecule has 6 nitrogen and oxygen atoms in total. The molecule has 1 atom stereocenters. The second kappa shape index (κ2) is 7.66. The van der Waals surface area contributed by atoms with Gasteiger partial charge in [-0.1, -0.05) is 42.5 Å². The molecule has 142 valence electrons. The van der Waals surface area contributed by atoms with E-state index in [1.807, 2.05) is 30.3 Å². The normalized spacial score (nSPS) is 15.4. The number of nitro groups is 1. The van der Waals surface area contributed by atoms with Crippen molar-refractivity contribution in [2.24, 2.45) is 0 Å². The maximum atomic E-state index is 14.0. The molecule has 0 bridgehead atoms. The summed E-state index contributed by atoms with van der Waals surface area (Å²) in [7, 11) is 0. The molecule has 0 radical (unpaired) electrons. The van der Waals surface area contributed by atoms with E-state index in [1.54, 1.807) is 12.1 Å². The van der Waals surface area contributed by atoms with Crippen molar-refractivity contribution < 1.29 is 23.5 Å². The molecule has 0 saturated carbocycles. The average Bonchev–Trinajstić information content (AvgIpc) is 2.72. The zero-order valence-corrected chi connectivity index (χ0v) is 14.7. The van der Waals surface area contributed by atoms with Gasteiger partial charge in [0.1, 0.15) is 18.2 Å². The van der Waals surface area contributed by atoms with E-state index in [4.69, 9.17) is 14.2 Å². The van der Waals surface area contributed by atoms with Crippen molar-refractivity contribution in [3.8, 4) is 11.5 Å². The third-order valence-electron chi connectivity index (χ3n) is 4.34. The van der Waals surface area contributed by atoms with Gasteiger partial charge in [-0.15, -0.1) is 0 Å². The van der Waals surface area contributed by atoms with Crippen LogP contribution in [0.1, 0.15) is 23.0 Å². The van der Waals surface area contributed by atoms with E-state index < -0.39 is 17.0 Å². The summed E-state index contributed by atoms with van der Waals surface area (Å²) in [6.07, 6.45) is -0.621. The minimum Gasteiger partial charge on any atom is -0.482 e. The number of fused-ring (bicyclic) bond motifs is 1. The largest absolute Gasteiger partial charge is 0.482 e. The van der Waals surface area contributed by atoms with Crippen molar-refractivity contribution in [3.63, 3.8) is 0 Å². The summed E-state index contributed by atoms with van der Waals surface area (Å²) in [6, 6.07) is 18.1. The van der Waals surface area contributed by atoms with Gasteiger partial charge in [-0.25, -0.2) is 4.39 Å². The molecule has 3 aromatic carbocycles. The lowest BCUT2D eigenvalue weighted by molar-refractivity contribution is -0.385. The number of para-hydroxylation sites is 2. The van der Waals surface area contributed by atoms with Crippen LogP contribution in [-0.4, -0.2) is 4.92 Å². The Balaban J connectivity index is 1.61. The van der Waals surface area contributed by atoms with Crippen LogP contribution in [0.2, 0.25) is 0 Å². The zero-order chi connectivity index (χ0) is 19.5. The van der Waals surface area contributed by atoms with E-state index in [9.17, 15) is 14.5 Å². The predicted molar refractivity (Wildman–Crippen MR) is 98.4 cm³/mol. The van der Waals surface area contributed by atoms with E-state index in [2.05, 4.69) is 0 Å². The molecule has 0 aliphatic carbocycles. The Morgan fingerprint density at radius 1 is 1.11 bits per heavy atom. The molecule has 1 aliphatic heterocycles. The molecular formula is C21H16FNO5. The second-order valence-corrected chi connectivity index (χ2v) is 6.24. The first-order valence-electron chi connectivity index (χ1n) is 8.62. The molecule has 4 rings (SSSR count). The summed E-state index contributed by atoms with van der Waals surface area (Å²) in [4.78, 5) is 10.6. The first kappa shape index (κ1) is 17.9. The Kier molecular flexibility index (Phi) is 4.90. The zero-order valence-electron chi connectivity index (χ0n) is 14.7. The number of ether oxygens (including phenoxy) is 3. The standard InChI is InChI=1S/C21H16FNO5/c22-17-10-15(12-26-19-9-5-4-8-18(19)23(24)25)20-16(11-17)13-27-21(28-20)14-6-2-1-3-7-14/h1-11,21H,12-13H2/t21-/m0/s1. The van der Waals surface area contributed by atoms with Crippen LogP contribution in [0, 0.1) is 15.9 Å². The first-order valence-corrected chi connectivity index (χ1v) is 8.62. The molecule has 1 heterocycles. The minimum absolute atomic E-state index is 0.0769. The Morgan fingerprint density at radius 3 is 2.64 bits per heavy atom. The van der Waals surface area contributed by atoms with Crippen LogP contribution in [0.4, 0.5) is 10.1 Å². The molecule has 0 aromatic heterocycles. The summed E-state index contributed by atoms with van der Waals surface area (Å²) < 4.78 is 31.3. The molecule has 0 N–H and O–H groups in total. The van der Waals surface area contributed by atoms with Gasteiger partial charge in [0, 0.05) is 22.8 Å². The van der Waals surface area contributed by atoms with Crippen molar-refractivity contribution in [1.82, 2.24) is 0 Å². The number of benzene rings is 3. The van der Waals surface area contributed by atoms with Crippen LogP contribution in [0.3, 0.4) is 0 Å². The Hall–Kier alpha value is -3.45. The topological polar surface area (TPSA) is 70.8 Å². The van der Waals surface area contributed by atoms with Crippen LogP contribution >= 0.6 is 0 Å². The van der Waals surface area contributed by atoms with Crippen LogP contribution in [0.25, 0.3) is 0 Å². The highest BCUT2D eigenvalue weighted by atomic mass is 19.1. The van der Waals surface area contributed by atoms with Crippen LogP contribution in [-0.2, 0) is 18.0 Å². The molecule has 1 aliphatic rings. The minimum atomic E-state index is -0.621. The van der Waals surface area contributed by atoms with Gasteiger partial charge in [0.25, 0.3) is 0 Å². The van der Waals surface area contributed by atoms with Gasteiger partial charge in [-0.05, 0) is 18.2 Å². The lowest BCUT2D eigenvalue weighted by Gasteiger charge is -2.28. The van der Waals surface area contributed by atoms with Gasteiger partial charge in [-0.2, -0.15) is 0 Å². The Morgan fingerprint density at radius 2 is 1.86 bits per heavy atom. The number of rotatable bonds is 5. The second-order valence-electron chi connectivity index (χ2n) is 6.24. The maximum Gasteiger partial charge on any atom is 0.310 e. The molecule has 3 aromatic rings. The molecular weight excluding hydrogens is 365 g/mol. The van der Waals surface area contributed by atoms with Gasteiger partial charge < -0.3 is 14.2 Å². The van der Waals surface area contributed by atoms with Gasteiger partial charge in [-0.3, -0.25) is 10.1 Å². The summed E-state index contributed by atoms with van der Waals surface area (Å²) in [6.45, 7) is 0.109. The van der Waals surface area contributed by atoms with Crippen molar-refractivity contribution in [2.75, 3.05) is 0 Å². The monoisotopic (exact) mass is 381 g/mol. The van der Waals surface area contributed by atoms with Crippen molar-refractivity contribution >= 4 is 5.69 Å². The van der Waals surface area contributed by atoms with Crippen LogP contribution in [0.15, 0.2) is 66.7 Å². The van der Waals surface area contributed by atoms with E-state index in [0.29, 0.717) is 16.9 Å². The van der Waals surface area contributed by atoms with Crippen LogP contribution < -0.4 is 9.47 Å². The number of hydrogen-bond donors (Lipinski definition) is 0. The highest BCUT2D eigenvalue weighted by Gasteiger charge is 2.26. The van der Waals surface area contributed by atoms with E-state index >= 15 is 0 Å². The fraction of sp³-hybridized carbons (Fsp3) is 0.143. The summed E-state index contributed by atoms with van der Waals surface area (Å²) >= 11 is 0. The predicted octanol–water partition coefficient (Wildman–Crippen LogP) is 4.92. The van der Waals surface area contributed by atoms with E-state index in [-0.39, 0.29) is 24.7 Å². The van der Waals surface area contributed by atoms with Gasteiger partial charge in [0.05, 0.1) is 11.5 Å². The lowest BCUT2D eigenvalue weighted by atomic mass is 10.1. The third-order valence-corrected chi connectivity index (χ3v) is 4.34. The summed E-state index contributed by atoms with van der Waals surface area (Å²) in [5.74, 6) is 0.127. The van der Waals surface area contributed by atoms with Gasteiger partial charge in [0.15, 0.2) is 5.75 Å². The molecule has 0 amide bonds. The number of hydrogen-bond acceptors (Lipinski definition) is 5. The number of nitro benzene ring substituents is 1.